The van der Waals surface area contributed by atoms with Gasteiger partial charge in [0.05, 0.1) is 13.2 Å². The van der Waals surface area contributed by atoms with Gasteiger partial charge < -0.3 is 15.4 Å². The summed E-state index contributed by atoms with van der Waals surface area (Å²) in [4.78, 5) is 13.1. The van der Waals surface area contributed by atoms with Crippen LogP contribution in [0.5, 0.6) is 5.75 Å². The van der Waals surface area contributed by atoms with Gasteiger partial charge in [0, 0.05) is 23.0 Å². The number of nitrogens with one attached hydrogen (secondary N) is 2. The lowest BCUT2D eigenvalue weighted by molar-refractivity contribution is 0.102. The van der Waals surface area contributed by atoms with Crippen LogP contribution in [0.15, 0.2) is 72.8 Å². The first kappa shape index (κ1) is 19.4. The molecule has 0 aromatic heterocycles. The summed E-state index contributed by atoms with van der Waals surface area (Å²) in [6, 6.07) is 24.9. The van der Waals surface area contributed by atoms with E-state index in [1.165, 1.54) is 36.1 Å². The van der Waals surface area contributed by atoms with Gasteiger partial charge >= 0.3 is 0 Å². The van der Waals surface area contributed by atoms with Crippen molar-refractivity contribution in [2.45, 2.75) is 31.2 Å². The fraction of sp³-hybridized carbons (Fsp3) is 0.321. The molecule has 162 valence electrons. The molecule has 4 heteroatoms. The summed E-state index contributed by atoms with van der Waals surface area (Å²) in [5.74, 6) is 3.28. The van der Waals surface area contributed by atoms with E-state index in [9.17, 15) is 4.79 Å². The molecule has 6 rings (SSSR count). The molecule has 0 spiro atoms. The number of hydrogen-bond donors (Lipinski definition) is 2. The van der Waals surface area contributed by atoms with Crippen molar-refractivity contribution in [3.8, 4) is 5.75 Å². The van der Waals surface area contributed by atoms with Gasteiger partial charge in [-0.2, -0.15) is 0 Å². The number of ether oxygens (including phenoxy) is 1. The van der Waals surface area contributed by atoms with Gasteiger partial charge in [-0.05, 0) is 84.4 Å². The largest absolute Gasteiger partial charge is 0.497 e. The second-order valence-electron chi connectivity index (χ2n) is 9.46. The Balaban J connectivity index is 1.33. The van der Waals surface area contributed by atoms with Gasteiger partial charge in [0.1, 0.15) is 5.75 Å². The van der Waals surface area contributed by atoms with Crippen molar-refractivity contribution < 1.29 is 9.53 Å². The van der Waals surface area contributed by atoms with Crippen LogP contribution in [0, 0.1) is 17.8 Å². The van der Waals surface area contributed by atoms with Gasteiger partial charge in [-0.15, -0.1) is 0 Å². The molecular weight excluding hydrogens is 396 g/mol. The third-order valence-corrected chi connectivity index (χ3v) is 7.84. The molecule has 2 saturated carbocycles. The number of fused-ring (bicyclic) bond motifs is 7. The molecule has 2 N–H and O–H groups in total. The number of carbonyl (C=O) groups excluding carboxylic acids is 1. The van der Waals surface area contributed by atoms with E-state index in [1.54, 1.807) is 7.11 Å². The standard InChI is InChI=1S/C28H28N2O2/c1-32-22-9-5-8-21(16-22)29-28(31)20-12-13-24-23(15-20)25-18-10-11-19(14-18)26(25)27(30-24)17-6-3-2-4-7-17/h2-9,12-13,15-16,18-19,25-27,30H,10-11,14H2,1H3,(H,29,31)/t18-,19-,25-,26-,27+/m0/s1. The molecule has 3 aliphatic rings. The molecule has 2 aliphatic carbocycles. The van der Waals surface area contributed by atoms with Gasteiger partial charge in [-0.3, -0.25) is 4.79 Å². The minimum atomic E-state index is -0.0778. The maximum absolute atomic E-state index is 13.1. The van der Waals surface area contributed by atoms with Crippen LogP contribution in [-0.4, -0.2) is 13.0 Å². The second kappa shape index (κ2) is 7.70. The van der Waals surface area contributed by atoms with Gasteiger partial charge in [0.25, 0.3) is 5.91 Å². The SMILES string of the molecule is COc1cccc(NC(=O)c2ccc3c(c2)[C@@H]2[C@H]4CC[C@@H](C4)[C@@H]2[C@@H](c2ccccc2)N3)c1. The summed E-state index contributed by atoms with van der Waals surface area (Å²) in [6.07, 6.45) is 3.97. The van der Waals surface area contributed by atoms with Crippen LogP contribution in [0.2, 0.25) is 0 Å². The number of amides is 1. The summed E-state index contributed by atoms with van der Waals surface area (Å²) >= 11 is 0. The number of anilines is 2. The van der Waals surface area contributed by atoms with Crippen molar-refractivity contribution in [1.82, 2.24) is 0 Å². The van der Waals surface area contributed by atoms with Crippen LogP contribution in [0.25, 0.3) is 0 Å². The Bertz CT molecular complexity index is 1160. The molecule has 1 heterocycles. The molecule has 2 fully saturated rings. The Morgan fingerprint density at radius 2 is 1.81 bits per heavy atom. The Morgan fingerprint density at radius 1 is 0.969 bits per heavy atom. The first-order valence-electron chi connectivity index (χ1n) is 11.6. The predicted octanol–water partition coefficient (Wildman–Crippen LogP) is 6.24. The number of rotatable bonds is 4. The molecule has 4 nitrogen and oxygen atoms in total. The number of benzene rings is 3. The Morgan fingerprint density at radius 3 is 2.66 bits per heavy atom. The van der Waals surface area contributed by atoms with Crippen molar-refractivity contribution in [2.75, 3.05) is 17.7 Å². The third-order valence-electron chi connectivity index (χ3n) is 7.84. The van der Waals surface area contributed by atoms with Crippen LogP contribution in [0.3, 0.4) is 0 Å². The van der Waals surface area contributed by atoms with Crippen molar-refractivity contribution in [3.05, 3.63) is 89.5 Å². The minimum absolute atomic E-state index is 0.0778. The van der Waals surface area contributed by atoms with Crippen LogP contribution < -0.4 is 15.4 Å². The highest BCUT2D eigenvalue weighted by Crippen LogP contribution is 2.63. The summed E-state index contributed by atoms with van der Waals surface area (Å²) in [7, 11) is 1.63. The molecule has 3 aromatic carbocycles. The normalized spacial score (nSPS) is 27.2. The highest BCUT2D eigenvalue weighted by Gasteiger charge is 2.53. The lowest BCUT2D eigenvalue weighted by Crippen LogP contribution is -2.35. The minimum Gasteiger partial charge on any atom is -0.497 e. The third kappa shape index (κ3) is 3.17. The zero-order valence-corrected chi connectivity index (χ0v) is 18.3. The van der Waals surface area contributed by atoms with Gasteiger partial charge in [-0.1, -0.05) is 36.4 Å². The van der Waals surface area contributed by atoms with E-state index in [2.05, 4.69) is 53.1 Å². The molecule has 0 saturated heterocycles. The maximum atomic E-state index is 13.1. The maximum Gasteiger partial charge on any atom is 0.255 e. The van der Waals surface area contributed by atoms with E-state index in [0.717, 1.165) is 23.3 Å². The number of carbonyl (C=O) groups is 1. The number of methoxy groups -OCH3 is 1. The fourth-order valence-corrected chi connectivity index (χ4v) is 6.52. The Labute approximate surface area is 189 Å². The molecule has 5 atom stereocenters. The smallest absolute Gasteiger partial charge is 0.255 e. The molecule has 1 amide bonds. The van der Waals surface area contributed by atoms with Crippen molar-refractivity contribution in [1.29, 1.82) is 0 Å². The highest BCUT2D eigenvalue weighted by atomic mass is 16.5. The fourth-order valence-electron chi connectivity index (χ4n) is 6.52. The van der Waals surface area contributed by atoms with E-state index in [1.807, 2.05) is 30.3 Å². The van der Waals surface area contributed by atoms with Crippen molar-refractivity contribution in [2.24, 2.45) is 17.8 Å². The number of hydrogen-bond acceptors (Lipinski definition) is 3. The van der Waals surface area contributed by atoms with Gasteiger partial charge in [0.15, 0.2) is 0 Å². The molecular formula is C28H28N2O2. The Hall–Kier alpha value is -3.27. The molecule has 3 aromatic rings. The van der Waals surface area contributed by atoms with E-state index in [4.69, 9.17) is 4.74 Å². The summed E-state index contributed by atoms with van der Waals surface area (Å²) in [5.41, 5.74) is 5.35. The van der Waals surface area contributed by atoms with Gasteiger partial charge in [-0.25, -0.2) is 0 Å². The summed E-state index contributed by atoms with van der Waals surface area (Å²) in [5, 5.41) is 6.88. The monoisotopic (exact) mass is 424 g/mol. The molecule has 32 heavy (non-hydrogen) atoms. The molecule has 0 radical (unpaired) electrons. The van der Waals surface area contributed by atoms with Gasteiger partial charge in [0.2, 0.25) is 0 Å². The zero-order valence-electron chi connectivity index (χ0n) is 18.3. The van der Waals surface area contributed by atoms with Crippen LogP contribution in [0.4, 0.5) is 11.4 Å². The second-order valence-corrected chi connectivity index (χ2v) is 9.46. The van der Waals surface area contributed by atoms with E-state index >= 15 is 0 Å². The highest BCUT2D eigenvalue weighted by molar-refractivity contribution is 6.04. The Kier molecular flexibility index (Phi) is 4.67. The van der Waals surface area contributed by atoms with Crippen molar-refractivity contribution >= 4 is 17.3 Å². The average molecular weight is 425 g/mol. The zero-order chi connectivity index (χ0) is 21.7. The molecule has 2 bridgehead atoms. The van der Waals surface area contributed by atoms with E-state index in [0.29, 0.717) is 23.4 Å². The molecule has 0 unspecified atom stereocenters. The summed E-state index contributed by atoms with van der Waals surface area (Å²) in [6.45, 7) is 0. The quantitative estimate of drug-likeness (QED) is 0.521. The topological polar surface area (TPSA) is 50.4 Å². The summed E-state index contributed by atoms with van der Waals surface area (Å²) < 4.78 is 5.28. The lowest BCUT2D eigenvalue weighted by atomic mass is 9.68. The van der Waals surface area contributed by atoms with Crippen LogP contribution in [-0.2, 0) is 0 Å². The lowest BCUT2D eigenvalue weighted by Gasteiger charge is -2.43. The molecule has 1 aliphatic heterocycles. The average Bonchev–Trinajstić information content (AvgIpc) is 3.47. The first-order valence-corrected chi connectivity index (χ1v) is 11.6. The van der Waals surface area contributed by atoms with Crippen molar-refractivity contribution in [3.63, 3.8) is 0 Å². The van der Waals surface area contributed by atoms with Crippen LogP contribution in [0.1, 0.15) is 52.7 Å². The predicted molar refractivity (Wildman–Crippen MR) is 127 cm³/mol. The van der Waals surface area contributed by atoms with E-state index < -0.39 is 0 Å². The van der Waals surface area contributed by atoms with Crippen LogP contribution >= 0.6 is 0 Å². The first-order chi connectivity index (χ1) is 15.7. The van der Waals surface area contributed by atoms with E-state index in [-0.39, 0.29) is 5.91 Å².